The van der Waals surface area contributed by atoms with Crippen LogP contribution in [0.15, 0.2) is 30.7 Å². The fraction of sp³-hybridized carbons (Fsp3) is 0.250. The Balaban J connectivity index is 2.54. The summed E-state index contributed by atoms with van der Waals surface area (Å²) < 4.78 is 27.7. The van der Waals surface area contributed by atoms with Gasteiger partial charge in [-0.3, -0.25) is 0 Å². The molecule has 0 unspecified atom stereocenters. The number of nitrogens with two attached hydrogens (primary N) is 1. The number of rotatable bonds is 2. The summed E-state index contributed by atoms with van der Waals surface area (Å²) in [5.74, 6) is -1.76. The minimum Gasteiger partial charge on any atom is -0.321 e. The summed E-state index contributed by atoms with van der Waals surface area (Å²) >= 11 is 0. The maximum Gasteiger partial charge on any atom is 0.160 e. The van der Waals surface area contributed by atoms with Gasteiger partial charge in [-0.1, -0.05) is 0 Å². The average molecular weight is 237 g/mol. The van der Waals surface area contributed by atoms with Gasteiger partial charge in [0.15, 0.2) is 11.6 Å². The molecule has 0 spiro atoms. The fourth-order valence-electron chi connectivity index (χ4n) is 1.61. The normalized spacial score (nSPS) is 11.8. The SMILES string of the molecule is CC(C)(N)c1cncn1-c1ccc(F)c(F)c1. The standard InChI is InChI=1S/C12H13F2N3/c1-12(2,15)11-6-16-7-17(11)8-3-4-9(13)10(14)5-8/h3-7H,15H2,1-2H3. The first-order valence-corrected chi connectivity index (χ1v) is 5.17. The van der Waals surface area contributed by atoms with E-state index in [2.05, 4.69) is 4.98 Å². The van der Waals surface area contributed by atoms with E-state index in [9.17, 15) is 8.78 Å². The number of aromatic nitrogens is 2. The van der Waals surface area contributed by atoms with Crippen molar-refractivity contribution in [1.29, 1.82) is 0 Å². The second-order valence-corrected chi connectivity index (χ2v) is 4.47. The fourth-order valence-corrected chi connectivity index (χ4v) is 1.61. The van der Waals surface area contributed by atoms with Crippen LogP contribution in [-0.2, 0) is 5.54 Å². The van der Waals surface area contributed by atoms with Crippen molar-refractivity contribution in [2.75, 3.05) is 0 Å². The van der Waals surface area contributed by atoms with Gasteiger partial charge in [-0.2, -0.15) is 0 Å². The second-order valence-electron chi connectivity index (χ2n) is 4.47. The van der Waals surface area contributed by atoms with Crippen molar-refractivity contribution in [3.63, 3.8) is 0 Å². The lowest BCUT2D eigenvalue weighted by Crippen LogP contribution is -2.31. The zero-order valence-corrected chi connectivity index (χ0v) is 9.61. The van der Waals surface area contributed by atoms with Gasteiger partial charge in [0.25, 0.3) is 0 Å². The summed E-state index contributed by atoms with van der Waals surface area (Å²) in [4.78, 5) is 3.98. The first kappa shape index (κ1) is 11.7. The van der Waals surface area contributed by atoms with Crippen molar-refractivity contribution in [2.45, 2.75) is 19.4 Å². The molecule has 2 rings (SSSR count). The summed E-state index contributed by atoms with van der Waals surface area (Å²) in [7, 11) is 0. The van der Waals surface area contributed by atoms with Crippen LogP contribution in [-0.4, -0.2) is 9.55 Å². The van der Waals surface area contributed by atoms with Crippen LogP contribution in [0.4, 0.5) is 8.78 Å². The molecule has 0 fully saturated rings. The molecule has 17 heavy (non-hydrogen) atoms. The Bertz CT molecular complexity index is 541. The van der Waals surface area contributed by atoms with Crippen molar-refractivity contribution in [3.05, 3.63) is 48.1 Å². The number of nitrogens with zero attached hydrogens (tertiary/aromatic N) is 2. The molecule has 0 radical (unpaired) electrons. The van der Waals surface area contributed by atoms with Gasteiger partial charge in [0.05, 0.1) is 23.8 Å². The monoisotopic (exact) mass is 237 g/mol. The second kappa shape index (κ2) is 3.92. The number of imidazole rings is 1. The van der Waals surface area contributed by atoms with E-state index < -0.39 is 17.2 Å². The first-order chi connectivity index (χ1) is 7.89. The summed E-state index contributed by atoms with van der Waals surface area (Å²) in [6, 6.07) is 3.68. The molecular formula is C12H13F2N3. The third-order valence-corrected chi connectivity index (χ3v) is 2.48. The molecule has 0 saturated heterocycles. The van der Waals surface area contributed by atoms with Crippen molar-refractivity contribution >= 4 is 0 Å². The van der Waals surface area contributed by atoms with Gasteiger partial charge in [0.2, 0.25) is 0 Å². The molecule has 0 amide bonds. The molecule has 5 heteroatoms. The van der Waals surface area contributed by atoms with Gasteiger partial charge in [-0.05, 0) is 26.0 Å². The van der Waals surface area contributed by atoms with Gasteiger partial charge in [0.1, 0.15) is 0 Å². The largest absolute Gasteiger partial charge is 0.321 e. The molecule has 0 aliphatic rings. The molecule has 2 aromatic rings. The van der Waals surface area contributed by atoms with E-state index in [1.165, 1.54) is 12.4 Å². The maximum atomic E-state index is 13.2. The van der Waals surface area contributed by atoms with E-state index in [4.69, 9.17) is 5.73 Å². The maximum absolute atomic E-state index is 13.2. The predicted octanol–water partition coefficient (Wildman–Crippen LogP) is 2.34. The quantitative estimate of drug-likeness (QED) is 0.871. The van der Waals surface area contributed by atoms with Crippen molar-refractivity contribution in [3.8, 4) is 5.69 Å². The van der Waals surface area contributed by atoms with Crippen LogP contribution in [0, 0.1) is 11.6 Å². The summed E-state index contributed by atoms with van der Waals surface area (Å²) in [6.07, 6.45) is 3.14. The Labute approximate surface area is 97.9 Å². The van der Waals surface area contributed by atoms with Crippen LogP contribution in [0.3, 0.4) is 0 Å². The van der Waals surface area contributed by atoms with Gasteiger partial charge in [-0.15, -0.1) is 0 Å². The molecule has 0 aliphatic carbocycles. The van der Waals surface area contributed by atoms with Crippen LogP contribution >= 0.6 is 0 Å². The molecule has 3 nitrogen and oxygen atoms in total. The zero-order chi connectivity index (χ0) is 12.6. The number of benzene rings is 1. The highest BCUT2D eigenvalue weighted by atomic mass is 19.2. The van der Waals surface area contributed by atoms with Crippen LogP contribution in [0.1, 0.15) is 19.5 Å². The molecule has 2 N–H and O–H groups in total. The average Bonchev–Trinajstić information content (AvgIpc) is 2.70. The highest BCUT2D eigenvalue weighted by molar-refractivity contribution is 5.35. The Morgan fingerprint density at radius 2 is 1.94 bits per heavy atom. The Morgan fingerprint density at radius 3 is 2.53 bits per heavy atom. The lowest BCUT2D eigenvalue weighted by molar-refractivity contribution is 0.504. The lowest BCUT2D eigenvalue weighted by atomic mass is 10.0. The molecule has 90 valence electrons. The van der Waals surface area contributed by atoms with Gasteiger partial charge < -0.3 is 10.3 Å². The van der Waals surface area contributed by atoms with E-state index in [-0.39, 0.29) is 0 Å². The third kappa shape index (κ3) is 2.19. The molecule has 0 saturated carbocycles. The van der Waals surface area contributed by atoms with Crippen molar-refractivity contribution in [1.82, 2.24) is 9.55 Å². The van der Waals surface area contributed by atoms with Crippen LogP contribution < -0.4 is 5.73 Å². The number of hydrogen-bond donors (Lipinski definition) is 1. The van der Waals surface area contributed by atoms with E-state index in [1.807, 2.05) is 13.8 Å². The third-order valence-electron chi connectivity index (χ3n) is 2.48. The Hall–Kier alpha value is -1.75. The highest BCUT2D eigenvalue weighted by Crippen LogP contribution is 2.21. The zero-order valence-electron chi connectivity index (χ0n) is 9.61. The van der Waals surface area contributed by atoms with Gasteiger partial charge in [-0.25, -0.2) is 13.8 Å². The molecule has 0 atom stereocenters. The van der Waals surface area contributed by atoms with Crippen LogP contribution in [0.25, 0.3) is 5.69 Å². The Morgan fingerprint density at radius 1 is 1.24 bits per heavy atom. The molecule has 1 aromatic heterocycles. The minimum atomic E-state index is -0.892. The molecule has 0 bridgehead atoms. The molecule has 1 heterocycles. The lowest BCUT2D eigenvalue weighted by Gasteiger charge is -2.20. The first-order valence-electron chi connectivity index (χ1n) is 5.17. The smallest absolute Gasteiger partial charge is 0.160 e. The molecular weight excluding hydrogens is 224 g/mol. The number of hydrogen-bond acceptors (Lipinski definition) is 2. The molecule has 1 aromatic carbocycles. The van der Waals surface area contributed by atoms with Crippen molar-refractivity contribution in [2.24, 2.45) is 5.73 Å². The van der Waals surface area contributed by atoms with Gasteiger partial charge in [0, 0.05) is 11.8 Å². The van der Waals surface area contributed by atoms with E-state index in [0.29, 0.717) is 5.69 Å². The van der Waals surface area contributed by atoms with E-state index in [1.54, 1.807) is 10.8 Å². The van der Waals surface area contributed by atoms with Crippen molar-refractivity contribution < 1.29 is 8.78 Å². The van der Waals surface area contributed by atoms with Crippen LogP contribution in [0.5, 0.6) is 0 Å². The summed E-state index contributed by atoms with van der Waals surface area (Å²) in [6.45, 7) is 3.64. The predicted molar refractivity (Wildman–Crippen MR) is 60.7 cm³/mol. The minimum absolute atomic E-state index is 0.495. The summed E-state index contributed by atoms with van der Waals surface area (Å²) in [5.41, 5.74) is 6.59. The van der Waals surface area contributed by atoms with E-state index in [0.717, 1.165) is 17.8 Å². The topological polar surface area (TPSA) is 43.8 Å². The Kier molecular flexibility index (Phi) is 2.71. The van der Waals surface area contributed by atoms with Crippen LogP contribution in [0.2, 0.25) is 0 Å². The van der Waals surface area contributed by atoms with E-state index >= 15 is 0 Å². The highest BCUT2D eigenvalue weighted by Gasteiger charge is 2.20. The number of halogens is 2. The molecule has 0 aliphatic heterocycles. The van der Waals surface area contributed by atoms with Gasteiger partial charge >= 0.3 is 0 Å². The summed E-state index contributed by atoms with van der Waals surface area (Å²) in [5, 5.41) is 0.